The second kappa shape index (κ2) is 9.68. The minimum absolute atomic E-state index is 0.156. The van der Waals surface area contributed by atoms with Gasteiger partial charge in [-0.2, -0.15) is 0 Å². The summed E-state index contributed by atoms with van der Waals surface area (Å²) in [5.41, 5.74) is 0.784. The lowest BCUT2D eigenvalue weighted by Gasteiger charge is -2.29. The Morgan fingerprint density at radius 1 is 1.06 bits per heavy atom. The predicted molar refractivity (Wildman–Crippen MR) is 114 cm³/mol. The van der Waals surface area contributed by atoms with E-state index < -0.39 is 29.6 Å². The summed E-state index contributed by atoms with van der Waals surface area (Å²) in [7, 11) is 2.38. The third-order valence-electron chi connectivity index (χ3n) is 5.37. The minimum atomic E-state index is -1.38. The van der Waals surface area contributed by atoms with Crippen molar-refractivity contribution in [2.24, 2.45) is 5.92 Å². The normalized spacial score (nSPS) is 15.5. The molecule has 2 aromatic rings. The fraction of sp³-hybridized carbons (Fsp3) is 0.522. The second-order valence-electron chi connectivity index (χ2n) is 8.61. The first kappa shape index (κ1) is 23.7. The van der Waals surface area contributed by atoms with Gasteiger partial charge in [0.05, 0.1) is 33.4 Å². The number of halogens is 1. The van der Waals surface area contributed by atoms with E-state index in [0.29, 0.717) is 43.4 Å². The van der Waals surface area contributed by atoms with Crippen molar-refractivity contribution in [2.75, 3.05) is 45.4 Å². The summed E-state index contributed by atoms with van der Waals surface area (Å²) in [5, 5.41) is 0. The maximum Gasteiger partial charge on any atom is 0.321 e. The largest absolute Gasteiger partial charge is 0.468 e. The Hall–Kier alpha value is -2.94. The van der Waals surface area contributed by atoms with Crippen molar-refractivity contribution in [2.45, 2.75) is 32.1 Å². The zero-order valence-corrected chi connectivity index (χ0v) is 19.0. The first-order chi connectivity index (χ1) is 15.2. The molecule has 1 aromatic heterocycles. The molecule has 1 aliphatic heterocycles. The molecule has 174 valence electrons. The lowest BCUT2D eigenvalue weighted by Crippen LogP contribution is -2.37. The zero-order chi connectivity index (χ0) is 23.5. The van der Waals surface area contributed by atoms with Crippen molar-refractivity contribution in [3.8, 4) is 0 Å². The van der Waals surface area contributed by atoms with E-state index >= 15 is 0 Å². The van der Waals surface area contributed by atoms with Crippen molar-refractivity contribution in [3.05, 3.63) is 47.2 Å². The fourth-order valence-corrected chi connectivity index (χ4v) is 3.70. The average Bonchev–Trinajstić information content (AvgIpc) is 3.23. The molecular weight excluding hydrogens is 419 g/mol. The number of rotatable bonds is 6. The maximum atomic E-state index is 13.6. The highest BCUT2D eigenvalue weighted by Gasteiger charge is 2.43. The van der Waals surface area contributed by atoms with E-state index in [-0.39, 0.29) is 11.3 Å². The maximum absolute atomic E-state index is 13.6. The van der Waals surface area contributed by atoms with Crippen molar-refractivity contribution >= 4 is 17.8 Å². The molecule has 1 aromatic carbocycles. The summed E-state index contributed by atoms with van der Waals surface area (Å²) in [4.78, 5) is 32.1. The number of nitrogens with zero attached hydrogens (tertiary/aromatic N) is 2. The summed E-state index contributed by atoms with van der Waals surface area (Å²) < 4.78 is 35.1. The Morgan fingerprint density at radius 2 is 1.62 bits per heavy atom. The molecule has 1 unspecified atom stereocenters. The van der Waals surface area contributed by atoms with Crippen LogP contribution < -0.4 is 4.90 Å². The van der Waals surface area contributed by atoms with E-state index in [9.17, 15) is 14.0 Å². The van der Waals surface area contributed by atoms with Gasteiger partial charge in [0, 0.05) is 18.5 Å². The number of hydrogen-bond donors (Lipinski definition) is 0. The molecule has 0 bridgehead atoms. The molecule has 0 spiro atoms. The van der Waals surface area contributed by atoms with E-state index in [1.807, 2.05) is 25.7 Å². The molecule has 2 heterocycles. The van der Waals surface area contributed by atoms with Crippen LogP contribution in [-0.2, 0) is 29.2 Å². The highest BCUT2D eigenvalue weighted by Crippen LogP contribution is 2.40. The van der Waals surface area contributed by atoms with Crippen LogP contribution >= 0.6 is 0 Å². The van der Waals surface area contributed by atoms with Gasteiger partial charge in [0.15, 0.2) is 5.92 Å². The molecule has 0 amide bonds. The van der Waals surface area contributed by atoms with Gasteiger partial charge in [0.1, 0.15) is 11.5 Å². The van der Waals surface area contributed by atoms with Crippen LogP contribution in [0.3, 0.4) is 0 Å². The highest BCUT2D eigenvalue weighted by atomic mass is 19.1. The number of carbonyl (C=O) groups excluding carboxylic acids is 2. The summed E-state index contributed by atoms with van der Waals surface area (Å²) in [6.07, 6.45) is 0. The van der Waals surface area contributed by atoms with Crippen LogP contribution in [0.1, 0.15) is 43.8 Å². The van der Waals surface area contributed by atoms with Gasteiger partial charge in [-0.1, -0.05) is 32.9 Å². The highest BCUT2D eigenvalue weighted by molar-refractivity contribution is 5.96. The SMILES string of the molecule is COC(=O)C(C(=O)OC)C(c1ccc(F)cc1)c1nc(C(C)(C)C)c(N2CCOCC2)o1. The number of esters is 2. The first-order valence-electron chi connectivity index (χ1n) is 10.4. The minimum Gasteiger partial charge on any atom is -0.468 e. The molecule has 3 rings (SSSR count). The van der Waals surface area contributed by atoms with E-state index in [1.165, 1.54) is 38.5 Å². The number of carbonyl (C=O) groups is 2. The quantitative estimate of drug-likeness (QED) is 0.492. The zero-order valence-electron chi connectivity index (χ0n) is 19.0. The molecule has 0 N–H and O–H groups in total. The molecule has 9 heteroatoms. The smallest absolute Gasteiger partial charge is 0.321 e. The molecule has 1 fully saturated rings. The van der Waals surface area contributed by atoms with Crippen LogP contribution in [0.15, 0.2) is 28.7 Å². The van der Waals surface area contributed by atoms with Gasteiger partial charge in [-0.25, -0.2) is 9.37 Å². The summed E-state index contributed by atoms with van der Waals surface area (Å²) in [6, 6.07) is 5.50. The Bertz CT molecular complexity index is 928. The first-order valence-corrected chi connectivity index (χ1v) is 10.4. The molecule has 8 nitrogen and oxygen atoms in total. The predicted octanol–water partition coefficient (Wildman–Crippen LogP) is 3.04. The van der Waals surface area contributed by atoms with Gasteiger partial charge < -0.3 is 23.5 Å². The molecule has 0 saturated carbocycles. The van der Waals surface area contributed by atoms with Crippen molar-refractivity contribution in [1.82, 2.24) is 4.98 Å². The molecule has 0 aliphatic carbocycles. The number of methoxy groups -OCH3 is 2. The van der Waals surface area contributed by atoms with Crippen molar-refractivity contribution in [1.29, 1.82) is 0 Å². The third kappa shape index (κ3) is 4.93. The van der Waals surface area contributed by atoms with E-state index in [2.05, 4.69) is 0 Å². The average molecular weight is 448 g/mol. The molecule has 0 radical (unpaired) electrons. The number of hydrogen-bond acceptors (Lipinski definition) is 8. The lowest BCUT2D eigenvalue weighted by atomic mass is 9.85. The molecule has 1 atom stereocenters. The molecule has 1 aliphatic rings. The van der Waals surface area contributed by atoms with Gasteiger partial charge in [0.25, 0.3) is 0 Å². The van der Waals surface area contributed by atoms with Crippen LogP contribution in [0.5, 0.6) is 0 Å². The Balaban J connectivity index is 2.19. The Morgan fingerprint density at radius 3 is 2.12 bits per heavy atom. The summed E-state index contributed by atoms with van der Waals surface area (Å²) in [6.45, 7) is 8.35. The number of oxazole rings is 1. The number of morpholine rings is 1. The van der Waals surface area contributed by atoms with Gasteiger partial charge in [0.2, 0.25) is 11.8 Å². The van der Waals surface area contributed by atoms with Crippen LogP contribution in [0.2, 0.25) is 0 Å². The monoisotopic (exact) mass is 448 g/mol. The second-order valence-corrected chi connectivity index (χ2v) is 8.61. The third-order valence-corrected chi connectivity index (χ3v) is 5.37. The van der Waals surface area contributed by atoms with Gasteiger partial charge in [-0.05, 0) is 17.7 Å². The number of aromatic nitrogens is 1. The molecular formula is C23H29FN2O6. The number of anilines is 1. The Labute approximate surface area is 186 Å². The van der Waals surface area contributed by atoms with Gasteiger partial charge >= 0.3 is 11.9 Å². The van der Waals surface area contributed by atoms with Crippen molar-refractivity contribution in [3.63, 3.8) is 0 Å². The number of ether oxygens (including phenoxy) is 3. The lowest BCUT2D eigenvalue weighted by molar-refractivity contribution is -0.159. The van der Waals surface area contributed by atoms with Crippen LogP contribution in [0.4, 0.5) is 10.3 Å². The van der Waals surface area contributed by atoms with Crippen LogP contribution in [0, 0.1) is 11.7 Å². The molecule has 32 heavy (non-hydrogen) atoms. The summed E-state index contributed by atoms with van der Waals surface area (Å²) in [5.74, 6) is -3.66. The fourth-order valence-electron chi connectivity index (χ4n) is 3.70. The van der Waals surface area contributed by atoms with E-state index in [0.717, 1.165) is 0 Å². The topological polar surface area (TPSA) is 91.1 Å². The summed E-state index contributed by atoms with van der Waals surface area (Å²) >= 11 is 0. The van der Waals surface area contributed by atoms with E-state index in [1.54, 1.807) is 0 Å². The van der Waals surface area contributed by atoms with Crippen molar-refractivity contribution < 1.29 is 32.6 Å². The van der Waals surface area contributed by atoms with Crippen LogP contribution in [-0.4, -0.2) is 57.4 Å². The van der Waals surface area contributed by atoms with Crippen LogP contribution in [0.25, 0.3) is 0 Å². The van der Waals surface area contributed by atoms with Gasteiger partial charge in [-0.3, -0.25) is 9.59 Å². The standard InChI is InChI=1S/C23H29FN2O6/c1-23(2,3)18-20(26-10-12-31-13-11-26)32-19(25-18)16(14-6-8-15(24)9-7-14)17(21(27)29-4)22(28)30-5/h6-9,16-17H,10-13H2,1-5H3. The Kier molecular flexibility index (Phi) is 7.18. The molecule has 1 saturated heterocycles. The van der Waals surface area contributed by atoms with E-state index in [4.69, 9.17) is 23.6 Å². The number of benzene rings is 1. The van der Waals surface area contributed by atoms with Gasteiger partial charge in [-0.15, -0.1) is 0 Å².